The Kier molecular flexibility index (Phi) is 3.56. The predicted octanol–water partition coefficient (Wildman–Crippen LogP) is 2.98. The van der Waals surface area contributed by atoms with Crippen molar-refractivity contribution in [2.24, 2.45) is 0 Å². The highest BCUT2D eigenvalue weighted by atomic mass is 19.4. The van der Waals surface area contributed by atoms with E-state index in [9.17, 15) is 28.1 Å². The van der Waals surface area contributed by atoms with E-state index in [1.54, 1.807) is 0 Å². The Hall–Kier alpha value is -2.12. The van der Waals surface area contributed by atoms with Gasteiger partial charge in [0, 0.05) is 11.6 Å². The molecule has 5 nitrogen and oxygen atoms in total. The summed E-state index contributed by atoms with van der Waals surface area (Å²) in [4.78, 5) is 20.8. The van der Waals surface area contributed by atoms with E-state index < -0.39 is 33.7 Å². The Bertz CT molecular complexity index is 537. The van der Waals surface area contributed by atoms with Crippen LogP contribution in [0.25, 0.3) is 0 Å². The normalized spacial score (nSPS) is 12.3. The van der Waals surface area contributed by atoms with Crippen molar-refractivity contribution in [1.29, 1.82) is 0 Å². The van der Waals surface area contributed by atoms with E-state index in [-0.39, 0.29) is 5.56 Å². The molecule has 0 heterocycles. The van der Waals surface area contributed by atoms with Gasteiger partial charge < -0.3 is 5.11 Å². The number of benzene rings is 1. The number of rotatable bonds is 3. The fraction of sp³-hybridized carbons (Fsp3) is 0.364. The number of nitrogens with zero attached hydrogens (tertiary/aromatic N) is 1. The van der Waals surface area contributed by atoms with Gasteiger partial charge in [-0.25, -0.2) is 0 Å². The summed E-state index contributed by atoms with van der Waals surface area (Å²) in [5.41, 5.74) is -3.99. The van der Waals surface area contributed by atoms with E-state index in [0.29, 0.717) is 12.1 Å². The maximum absolute atomic E-state index is 12.5. The molecule has 1 aromatic rings. The first-order valence-electron chi connectivity index (χ1n) is 5.07. The van der Waals surface area contributed by atoms with Crippen LogP contribution in [0.15, 0.2) is 18.2 Å². The molecule has 0 aliphatic carbocycles. The van der Waals surface area contributed by atoms with Crippen LogP contribution in [0.3, 0.4) is 0 Å². The van der Waals surface area contributed by atoms with Gasteiger partial charge in [0.2, 0.25) is 0 Å². The molecule has 0 unspecified atom stereocenters. The van der Waals surface area contributed by atoms with E-state index in [4.69, 9.17) is 5.11 Å². The van der Waals surface area contributed by atoms with E-state index in [0.717, 1.165) is 6.07 Å². The summed E-state index contributed by atoms with van der Waals surface area (Å²) >= 11 is 0. The standard InChI is InChI=1S/C11H10F3NO4/c1-10(2,9(16)17)7-4-3-6(11(12,13)14)5-8(7)15(18)19/h3-5H,1-2H3,(H,16,17). The Morgan fingerprint density at radius 3 is 2.21 bits per heavy atom. The average Bonchev–Trinajstić information content (AvgIpc) is 2.26. The first-order valence-corrected chi connectivity index (χ1v) is 5.07. The van der Waals surface area contributed by atoms with Gasteiger partial charge in [0.15, 0.2) is 0 Å². The lowest BCUT2D eigenvalue weighted by molar-refractivity contribution is -0.386. The number of carboxylic acid groups (broad SMARTS) is 1. The number of carbonyl (C=O) groups is 1. The molecule has 0 radical (unpaired) electrons. The van der Waals surface area contributed by atoms with Gasteiger partial charge in [-0.3, -0.25) is 14.9 Å². The number of nitro benzene ring substituents is 1. The zero-order valence-corrected chi connectivity index (χ0v) is 9.99. The summed E-state index contributed by atoms with van der Waals surface area (Å²) in [5.74, 6) is -1.37. The van der Waals surface area contributed by atoms with Gasteiger partial charge in [-0.15, -0.1) is 0 Å². The Balaban J connectivity index is 3.52. The molecule has 0 saturated heterocycles. The van der Waals surface area contributed by atoms with Crippen LogP contribution >= 0.6 is 0 Å². The van der Waals surface area contributed by atoms with E-state index >= 15 is 0 Å². The highest BCUT2D eigenvalue weighted by molar-refractivity contribution is 5.82. The summed E-state index contributed by atoms with van der Waals surface area (Å²) in [6.45, 7) is 2.37. The zero-order valence-electron chi connectivity index (χ0n) is 9.99. The highest BCUT2D eigenvalue weighted by Crippen LogP contribution is 2.37. The zero-order chi connectivity index (χ0) is 15.0. The van der Waals surface area contributed by atoms with Gasteiger partial charge in [-0.05, 0) is 19.9 Å². The molecule has 0 aromatic heterocycles. The molecule has 0 spiro atoms. The van der Waals surface area contributed by atoms with E-state index in [1.165, 1.54) is 13.8 Å². The Morgan fingerprint density at radius 2 is 1.84 bits per heavy atom. The Labute approximate surface area is 105 Å². The lowest BCUT2D eigenvalue weighted by atomic mass is 9.83. The highest BCUT2D eigenvalue weighted by Gasteiger charge is 2.39. The van der Waals surface area contributed by atoms with Crippen molar-refractivity contribution in [3.05, 3.63) is 39.4 Å². The van der Waals surface area contributed by atoms with Crippen molar-refractivity contribution in [2.45, 2.75) is 25.4 Å². The minimum atomic E-state index is -4.73. The summed E-state index contributed by atoms with van der Waals surface area (Å²) < 4.78 is 37.4. The second-order valence-corrected chi connectivity index (χ2v) is 4.42. The molecule has 0 aliphatic rings. The molecule has 19 heavy (non-hydrogen) atoms. The number of carboxylic acids is 1. The Morgan fingerprint density at radius 1 is 1.32 bits per heavy atom. The fourth-order valence-electron chi connectivity index (χ4n) is 1.50. The topological polar surface area (TPSA) is 80.4 Å². The van der Waals surface area contributed by atoms with Crippen LogP contribution < -0.4 is 0 Å². The molecular formula is C11H10F3NO4. The van der Waals surface area contributed by atoms with Gasteiger partial charge >= 0.3 is 12.1 Å². The van der Waals surface area contributed by atoms with Crippen LogP contribution in [0.5, 0.6) is 0 Å². The second kappa shape index (κ2) is 4.52. The number of hydrogen-bond acceptors (Lipinski definition) is 3. The molecule has 1 aromatic carbocycles. The average molecular weight is 277 g/mol. The lowest BCUT2D eigenvalue weighted by Crippen LogP contribution is -2.29. The van der Waals surface area contributed by atoms with Crippen LogP contribution in [-0.2, 0) is 16.4 Å². The molecule has 0 amide bonds. The predicted molar refractivity (Wildman–Crippen MR) is 58.8 cm³/mol. The van der Waals surface area contributed by atoms with Crippen molar-refractivity contribution in [2.75, 3.05) is 0 Å². The minimum Gasteiger partial charge on any atom is -0.481 e. The molecule has 1 N–H and O–H groups in total. The minimum absolute atomic E-state index is 0.280. The third kappa shape index (κ3) is 2.83. The first kappa shape index (κ1) is 14.9. The first-order chi connectivity index (χ1) is 8.48. The summed E-state index contributed by atoms with van der Waals surface area (Å²) in [6.07, 6.45) is -4.73. The maximum Gasteiger partial charge on any atom is 0.416 e. The number of nitro groups is 1. The summed E-state index contributed by atoms with van der Waals surface area (Å²) in [5, 5.41) is 19.8. The molecular weight excluding hydrogens is 267 g/mol. The maximum atomic E-state index is 12.5. The lowest BCUT2D eigenvalue weighted by Gasteiger charge is -2.20. The van der Waals surface area contributed by atoms with Gasteiger partial charge in [-0.1, -0.05) is 6.07 Å². The number of alkyl halides is 3. The van der Waals surface area contributed by atoms with Crippen molar-refractivity contribution < 1.29 is 28.0 Å². The van der Waals surface area contributed by atoms with E-state index in [1.807, 2.05) is 0 Å². The van der Waals surface area contributed by atoms with Gasteiger partial charge in [0.05, 0.1) is 15.9 Å². The van der Waals surface area contributed by atoms with Crippen molar-refractivity contribution in [3.63, 3.8) is 0 Å². The molecule has 104 valence electrons. The third-order valence-corrected chi connectivity index (χ3v) is 2.73. The summed E-state index contributed by atoms with van der Waals surface area (Å²) in [7, 11) is 0. The van der Waals surface area contributed by atoms with Crippen molar-refractivity contribution >= 4 is 11.7 Å². The second-order valence-electron chi connectivity index (χ2n) is 4.42. The molecule has 0 saturated carbocycles. The molecule has 1 rings (SSSR count). The van der Waals surface area contributed by atoms with Crippen molar-refractivity contribution in [1.82, 2.24) is 0 Å². The summed E-state index contributed by atoms with van der Waals surface area (Å²) in [6, 6.07) is 1.81. The smallest absolute Gasteiger partial charge is 0.416 e. The van der Waals surface area contributed by atoms with Crippen LogP contribution in [0.2, 0.25) is 0 Å². The van der Waals surface area contributed by atoms with E-state index in [2.05, 4.69) is 0 Å². The monoisotopic (exact) mass is 277 g/mol. The fourth-order valence-corrected chi connectivity index (χ4v) is 1.50. The quantitative estimate of drug-likeness (QED) is 0.680. The van der Waals surface area contributed by atoms with Crippen LogP contribution in [0.1, 0.15) is 25.0 Å². The molecule has 0 fully saturated rings. The number of halogens is 3. The third-order valence-electron chi connectivity index (χ3n) is 2.73. The van der Waals surface area contributed by atoms with Gasteiger partial charge in [-0.2, -0.15) is 13.2 Å². The van der Waals surface area contributed by atoms with Crippen LogP contribution in [-0.4, -0.2) is 16.0 Å². The molecule has 0 aliphatic heterocycles. The number of aliphatic carboxylic acids is 1. The molecule has 0 bridgehead atoms. The SMILES string of the molecule is CC(C)(C(=O)O)c1ccc(C(F)(F)F)cc1[N+](=O)[O-]. The molecule has 0 atom stereocenters. The van der Waals surface area contributed by atoms with Crippen molar-refractivity contribution in [3.8, 4) is 0 Å². The van der Waals surface area contributed by atoms with Crippen LogP contribution in [0.4, 0.5) is 18.9 Å². The number of hydrogen-bond donors (Lipinski definition) is 1. The van der Waals surface area contributed by atoms with Crippen LogP contribution in [0, 0.1) is 10.1 Å². The largest absolute Gasteiger partial charge is 0.481 e. The van der Waals surface area contributed by atoms with Gasteiger partial charge in [0.25, 0.3) is 5.69 Å². The molecule has 8 heteroatoms. The van der Waals surface area contributed by atoms with Gasteiger partial charge in [0.1, 0.15) is 0 Å².